The van der Waals surface area contributed by atoms with Crippen LogP contribution in [0.5, 0.6) is 5.75 Å². The Hall–Kier alpha value is -6.98. The summed E-state index contributed by atoms with van der Waals surface area (Å²) in [6.45, 7) is 5.90. The molecule has 464 valence electrons. The Bertz CT molecular complexity index is 2870. The van der Waals surface area contributed by atoms with Gasteiger partial charge in [-0.3, -0.25) is 53.0 Å². The van der Waals surface area contributed by atoms with Crippen molar-refractivity contribution in [3.05, 3.63) is 102 Å². The molecule has 16 N–H and O–H groups in total. The van der Waals surface area contributed by atoms with Gasteiger partial charge in [0.15, 0.2) is 0 Å². The second kappa shape index (κ2) is 34.8. The van der Waals surface area contributed by atoms with E-state index in [4.69, 9.17) is 11.5 Å². The first-order valence-electron chi connectivity index (χ1n) is 28.1. The molecular weight excluding hydrogens is 1160 g/mol. The van der Waals surface area contributed by atoms with Crippen LogP contribution in [0.1, 0.15) is 56.2 Å². The highest BCUT2D eigenvalue weighted by Crippen LogP contribution is 2.25. The van der Waals surface area contributed by atoms with Crippen molar-refractivity contribution in [1.29, 1.82) is 0 Å². The predicted octanol–water partition coefficient (Wildman–Crippen LogP) is -1.39. The van der Waals surface area contributed by atoms with E-state index in [1.165, 1.54) is 19.1 Å². The number of phenolic OH excluding ortho intramolecular Hbond substituents is 1. The number of nitrogens with zero attached hydrogens (tertiary/aromatic N) is 2. The highest BCUT2D eigenvalue weighted by Gasteiger charge is 2.36. The standard InChI is InChI=1S/C57H79N13O12S2.ClH/c1-3-40-51(76)66-47(57(82)68-49(34(2)72)50(59)75)33-84-83-32-46(67-53(78)43(27-35-11-5-4-6-12-35)61-48(74)31-70-23-21-69(22-24-70)25-26-71)56(81)64-44(28-36-16-18-38(73)19-17-36)54(79)65-45(29-37-30-60-41-14-8-7-13-39(37)41)55(80)63-42(52(77)62-40)15-9-10-20-58;/h4-8,11-14,16-19,30,34,40,42-47,49,60,71-73H,3,9-10,15,20-29,31-33,58H2,1-2H3,(H2,59,75)(H,61,74)(H,62,77)(H,63,80)(H,64,81)(H,65,79)(H,66,76)(H,67,78)(H,68,82);1H. The van der Waals surface area contributed by atoms with E-state index >= 15 is 9.59 Å². The molecular formula is C57H80ClN13O12S2. The Balaban J connectivity index is 0.0000132. The van der Waals surface area contributed by atoms with Gasteiger partial charge in [-0.2, -0.15) is 0 Å². The summed E-state index contributed by atoms with van der Waals surface area (Å²) in [4.78, 5) is 136. The topological polar surface area (TPSA) is 385 Å². The van der Waals surface area contributed by atoms with E-state index in [-0.39, 0.29) is 81.5 Å². The number of piperazine rings is 1. The lowest BCUT2D eigenvalue weighted by Gasteiger charge is -2.34. The molecule has 6 rings (SSSR count). The van der Waals surface area contributed by atoms with Crippen molar-refractivity contribution in [2.75, 3.05) is 63.9 Å². The minimum Gasteiger partial charge on any atom is -0.508 e. The summed E-state index contributed by atoms with van der Waals surface area (Å²) in [5, 5.41) is 52.6. The molecule has 0 aliphatic carbocycles. The lowest BCUT2D eigenvalue weighted by Crippen LogP contribution is -2.61. The van der Waals surface area contributed by atoms with Crippen LogP contribution in [-0.4, -0.2) is 202 Å². The molecule has 2 fully saturated rings. The average molecular weight is 1240 g/mol. The monoisotopic (exact) mass is 1240 g/mol. The fourth-order valence-corrected chi connectivity index (χ4v) is 12.0. The quantitative estimate of drug-likeness (QED) is 0.0318. The van der Waals surface area contributed by atoms with Crippen molar-refractivity contribution in [1.82, 2.24) is 57.3 Å². The molecule has 85 heavy (non-hydrogen) atoms. The number of carbonyl (C=O) groups is 9. The number of phenols is 1. The van der Waals surface area contributed by atoms with Crippen LogP contribution in [0.25, 0.3) is 10.9 Å². The molecule has 3 heterocycles. The first kappa shape index (κ1) is 68.8. The summed E-state index contributed by atoms with van der Waals surface area (Å²) in [5.74, 6) is -7.90. The minimum absolute atomic E-state index is 0. The minimum atomic E-state index is -1.58. The van der Waals surface area contributed by atoms with Gasteiger partial charge in [0.1, 0.15) is 54.1 Å². The van der Waals surface area contributed by atoms with Crippen molar-refractivity contribution in [3.63, 3.8) is 0 Å². The van der Waals surface area contributed by atoms with Gasteiger partial charge in [0, 0.05) is 80.6 Å². The van der Waals surface area contributed by atoms with Crippen LogP contribution in [0.15, 0.2) is 85.1 Å². The van der Waals surface area contributed by atoms with Gasteiger partial charge in [0.25, 0.3) is 0 Å². The molecule has 28 heteroatoms. The van der Waals surface area contributed by atoms with E-state index in [0.717, 1.165) is 32.5 Å². The number of hydrogen-bond donors (Lipinski definition) is 14. The molecule has 0 saturated carbocycles. The van der Waals surface area contributed by atoms with Crippen molar-refractivity contribution in [2.45, 2.75) is 113 Å². The molecule has 3 aromatic carbocycles. The SMILES string of the molecule is CCC1NC(=O)C(CCCCN)NC(=O)C(Cc2c[nH]c3ccccc23)NC(=O)C(Cc2ccc(O)cc2)NC(=O)C(NC(=O)C(Cc2ccccc2)NC(=O)CN2CCN(CCO)CC2)CSSCC(C(=O)NC(C(N)=O)C(C)O)NC1=O.Cl. The first-order valence-corrected chi connectivity index (χ1v) is 30.6. The van der Waals surface area contributed by atoms with Crippen LogP contribution >= 0.6 is 34.0 Å². The van der Waals surface area contributed by atoms with E-state index in [2.05, 4.69) is 52.4 Å². The van der Waals surface area contributed by atoms with Gasteiger partial charge in [-0.25, -0.2) is 0 Å². The number of primary amides is 1. The number of benzene rings is 3. The van der Waals surface area contributed by atoms with Gasteiger partial charge < -0.3 is 74.3 Å². The number of aromatic nitrogens is 1. The Morgan fingerprint density at radius 1 is 0.718 bits per heavy atom. The van der Waals surface area contributed by atoms with E-state index < -0.39 is 108 Å². The maximum Gasteiger partial charge on any atom is 0.244 e. The summed E-state index contributed by atoms with van der Waals surface area (Å²) in [6.07, 6.45) is 0.824. The number of aromatic amines is 1. The van der Waals surface area contributed by atoms with Crippen molar-refractivity contribution < 1.29 is 58.5 Å². The Morgan fingerprint density at radius 2 is 1.32 bits per heavy atom. The molecule has 9 amide bonds. The zero-order chi connectivity index (χ0) is 60.7. The summed E-state index contributed by atoms with van der Waals surface area (Å²) < 4.78 is 0. The number of aromatic hydroxyl groups is 1. The number of nitrogens with one attached hydrogen (secondary N) is 9. The van der Waals surface area contributed by atoms with E-state index in [1.54, 1.807) is 55.6 Å². The van der Waals surface area contributed by atoms with Crippen molar-refractivity contribution in [3.8, 4) is 5.75 Å². The number of amides is 9. The fourth-order valence-electron chi connectivity index (χ4n) is 9.65. The van der Waals surface area contributed by atoms with Crippen LogP contribution < -0.4 is 54.0 Å². The van der Waals surface area contributed by atoms with Gasteiger partial charge in [0.2, 0.25) is 53.2 Å². The van der Waals surface area contributed by atoms with Crippen LogP contribution in [0, 0.1) is 0 Å². The number of H-pyrrole nitrogens is 1. The predicted molar refractivity (Wildman–Crippen MR) is 326 cm³/mol. The molecule has 4 aromatic rings. The summed E-state index contributed by atoms with van der Waals surface area (Å²) in [6, 6.07) is 10.9. The molecule has 2 saturated heterocycles. The Morgan fingerprint density at radius 3 is 1.98 bits per heavy atom. The molecule has 2 aliphatic heterocycles. The number of carbonyl (C=O) groups excluding carboxylic acids is 9. The van der Waals surface area contributed by atoms with Crippen molar-refractivity contribution in [2.24, 2.45) is 11.5 Å². The van der Waals surface area contributed by atoms with E-state index in [9.17, 15) is 48.9 Å². The van der Waals surface area contributed by atoms with E-state index in [0.29, 0.717) is 62.3 Å². The maximum atomic E-state index is 15.0. The molecule has 0 radical (unpaired) electrons. The zero-order valence-electron chi connectivity index (χ0n) is 47.6. The van der Waals surface area contributed by atoms with Gasteiger partial charge in [-0.05, 0) is 74.0 Å². The zero-order valence-corrected chi connectivity index (χ0v) is 50.0. The van der Waals surface area contributed by atoms with Crippen LogP contribution in [0.4, 0.5) is 0 Å². The smallest absolute Gasteiger partial charge is 0.244 e. The number of nitrogens with two attached hydrogens (primary N) is 2. The number of fused-ring (bicyclic) bond motifs is 1. The molecule has 0 bridgehead atoms. The van der Waals surface area contributed by atoms with Crippen LogP contribution in [-0.2, 0) is 62.4 Å². The molecule has 9 atom stereocenters. The fraction of sp³-hybridized carbons (Fsp3) is 0.491. The molecule has 25 nitrogen and oxygen atoms in total. The number of aliphatic hydroxyl groups excluding tert-OH is 2. The molecule has 0 spiro atoms. The molecule has 2 aliphatic rings. The molecule has 9 unspecified atom stereocenters. The third-order valence-corrected chi connectivity index (χ3v) is 16.9. The van der Waals surface area contributed by atoms with Gasteiger partial charge in [0.05, 0.1) is 19.3 Å². The number of rotatable bonds is 22. The number of para-hydroxylation sites is 1. The summed E-state index contributed by atoms with van der Waals surface area (Å²) in [7, 11) is 1.97. The van der Waals surface area contributed by atoms with E-state index in [1.807, 2.05) is 29.2 Å². The maximum absolute atomic E-state index is 15.0. The lowest BCUT2D eigenvalue weighted by molar-refractivity contribution is -0.136. The number of unbranched alkanes of at least 4 members (excludes halogenated alkanes) is 1. The normalized spacial score (nSPS) is 21.9. The van der Waals surface area contributed by atoms with Crippen LogP contribution in [0.2, 0.25) is 0 Å². The van der Waals surface area contributed by atoms with Crippen LogP contribution in [0.3, 0.4) is 0 Å². The molecule has 1 aromatic heterocycles. The van der Waals surface area contributed by atoms with Crippen molar-refractivity contribution >= 4 is 98.1 Å². The Labute approximate surface area is 507 Å². The second-order valence-corrected chi connectivity index (χ2v) is 23.4. The Kier molecular flexibility index (Phi) is 28.2. The largest absolute Gasteiger partial charge is 0.508 e. The number of β-amino-alcohol motifs (C(OH)–C–C–N with tert-alkyl or cyclic N) is 1. The van der Waals surface area contributed by atoms with Gasteiger partial charge in [-0.15, -0.1) is 12.4 Å². The highest BCUT2D eigenvalue weighted by atomic mass is 35.5. The summed E-state index contributed by atoms with van der Waals surface area (Å²) >= 11 is 0. The number of aliphatic hydroxyl groups is 2. The number of halogens is 1. The highest BCUT2D eigenvalue weighted by molar-refractivity contribution is 8.76. The first-order chi connectivity index (χ1) is 40.3. The third kappa shape index (κ3) is 21.5. The lowest BCUT2D eigenvalue weighted by atomic mass is 10.0. The summed E-state index contributed by atoms with van der Waals surface area (Å²) in [5.41, 5.74) is 13.9. The third-order valence-electron chi connectivity index (χ3n) is 14.5. The van der Waals surface area contributed by atoms with Gasteiger partial charge in [-0.1, -0.05) is 89.2 Å². The van der Waals surface area contributed by atoms with Gasteiger partial charge >= 0.3 is 0 Å². The average Bonchev–Trinajstić information content (AvgIpc) is 3.89. The number of hydrogen-bond acceptors (Lipinski definition) is 17. The second-order valence-electron chi connectivity index (χ2n) is 20.8.